The van der Waals surface area contributed by atoms with Gasteiger partial charge in [0.2, 0.25) is 0 Å². The molecule has 0 atom stereocenters. The first-order chi connectivity index (χ1) is 7.65. The van der Waals surface area contributed by atoms with Crippen LogP contribution in [-0.2, 0) is 14.6 Å². The van der Waals surface area contributed by atoms with Gasteiger partial charge in [-0.15, -0.1) is 0 Å². The summed E-state index contributed by atoms with van der Waals surface area (Å²) in [6, 6.07) is 7.28. The smallest absolute Gasteiger partial charge is 0.158 e. The van der Waals surface area contributed by atoms with Crippen molar-refractivity contribution in [3.63, 3.8) is 0 Å². The molecule has 0 aliphatic carbocycles. The molecule has 0 heterocycles. The summed E-state index contributed by atoms with van der Waals surface area (Å²) in [5.41, 5.74) is 1.30. The van der Waals surface area contributed by atoms with Crippen LogP contribution < -0.4 is 0 Å². The Morgan fingerprint density at radius 2 is 2.12 bits per heavy atom. The minimum Gasteiger partial charge on any atom is -0.295 e. The average molecular weight is 241 g/mol. The Bertz CT molecular complexity index is 399. The van der Waals surface area contributed by atoms with Crippen molar-refractivity contribution in [1.82, 2.24) is 0 Å². The summed E-state index contributed by atoms with van der Waals surface area (Å²) < 4.78 is 0. The van der Waals surface area contributed by atoms with E-state index in [2.05, 4.69) is 4.89 Å². The first-order valence-electron chi connectivity index (χ1n) is 4.76. The van der Waals surface area contributed by atoms with Crippen molar-refractivity contribution in [3.05, 3.63) is 40.4 Å². The molecule has 0 aliphatic heterocycles. The van der Waals surface area contributed by atoms with E-state index in [1.807, 2.05) is 18.2 Å². The Kier molecular flexibility index (Phi) is 5.19. The van der Waals surface area contributed by atoms with E-state index >= 15 is 0 Å². The maximum Gasteiger partial charge on any atom is 0.158 e. The predicted molar refractivity (Wildman–Crippen MR) is 63.1 cm³/mol. The number of Topliss-reactive ketones (excluding diaryl/α,β-unsaturated/α-hetero) is 1. The maximum atomic E-state index is 11.3. The molecule has 16 heavy (non-hydrogen) atoms. The van der Waals surface area contributed by atoms with Crippen LogP contribution in [0.4, 0.5) is 0 Å². The molecule has 0 amide bonds. The van der Waals surface area contributed by atoms with E-state index in [9.17, 15) is 4.79 Å². The van der Waals surface area contributed by atoms with Crippen LogP contribution in [0.1, 0.15) is 12.5 Å². The van der Waals surface area contributed by atoms with Gasteiger partial charge >= 0.3 is 0 Å². The lowest BCUT2D eigenvalue weighted by molar-refractivity contribution is -0.264. The molecule has 86 valence electrons. The molecule has 0 saturated carbocycles. The number of ketones is 1. The molecule has 3 nitrogen and oxygen atoms in total. The zero-order chi connectivity index (χ0) is 12.0. The Morgan fingerprint density at radius 3 is 2.69 bits per heavy atom. The van der Waals surface area contributed by atoms with E-state index < -0.39 is 0 Å². The number of benzene rings is 1. The van der Waals surface area contributed by atoms with Crippen molar-refractivity contribution in [2.24, 2.45) is 0 Å². The first-order valence-corrected chi connectivity index (χ1v) is 5.14. The fraction of sp³-hybridized carbons (Fsp3) is 0.250. The molecule has 0 unspecified atom stereocenters. The summed E-state index contributed by atoms with van der Waals surface area (Å²) in [6.45, 7) is 1.58. The van der Waals surface area contributed by atoms with E-state index in [4.69, 9.17) is 16.5 Å². The number of hydrogen-bond acceptors (Lipinski definition) is 3. The van der Waals surface area contributed by atoms with Crippen LogP contribution in [0.25, 0.3) is 6.08 Å². The second-order valence-electron chi connectivity index (χ2n) is 3.18. The zero-order valence-corrected chi connectivity index (χ0v) is 9.95. The van der Waals surface area contributed by atoms with Gasteiger partial charge < -0.3 is 0 Å². The molecular weight excluding hydrogens is 228 g/mol. The predicted octanol–water partition coefficient (Wildman–Crippen LogP) is 2.89. The molecule has 0 aromatic heterocycles. The summed E-state index contributed by atoms with van der Waals surface area (Å²) in [5.74, 6) is -0.0723. The Labute approximate surface area is 99.6 Å². The van der Waals surface area contributed by atoms with Crippen molar-refractivity contribution in [1.29, 1.82) is 0 Å². The summed E-state index contributed by atoms with van der Waals surface area (Å²) in [6.07, 6.45) is 1.70. The van der Waals surface area contributed by atoms with Crippen molar-refractivity contribution >= 4 is 23.5 Å². The van der Waals surface area contributed by atoms with E-state index in [0.29, 0.717) is 10.6 Å². The molecule has 1 rings (SSSR count). The molecule has 0 spiro atoms. The molecule has 0 saturated heterocycles. The van der Waals surface area contributed by atoms with E-state index in [1.165, 1.54) is 14.0 Å². The first kappa shape index (κ1) is 12.9. The summed E-state index contributed by atoms with van der Waals surface area (Å²) in [7, 11) is 1.40. The highest BCUT2D eigenvalue weighted by Crippen LogP contribution is 2.18. The molecule has 4 heteroatoms. The molecule has 1 aromatic carbocycles. The highest BCUT2D eigenvalue weighted by Gasteiger charge is 2.06. The lowest BCUT2D eigenvalue weighted by atomic mass is 10.1. The second-order valence-corrected chi connectivity index (χ2v) is 3.58. The van der Waals surface area contributed by atoms with Crippen molar-refractivity contribution in [2.45, 2.75) is 6.92 Å². The number of halogens is 1. The highest BCUT2D eigenvalue weighted by atomic mass is 35.5. The van der Waals surface area contributed by atoms with Crippen LogP contribution in [0, 0.1) is 0 Å². The van der Waals surface area contributed by atoms with Gasteiger partial charge in [0.1, 0.15) is 6.61 Å². The van der Waals surface area contributed by atoms with Gasteiger partial charge in [0.15, 0.2) is 5.78 Å². The van der Waals surface area contributed by atoms with E-state index in [1.54, 1.807) is 12.1 Å². The minimum atomic E-state index is -0.0723. The van der Waals surface area contributed by atoms with Crippen LogP contribution >= 0.6 is 11.6 Å². The van der Waals surface area contributed by atoms with Gasteiger partial charge in [-0.05, 0) is 24.6 Å². The van der Waals surface area contributed by atoms with Crippen molar-refractivity contribution in [3.8, 4) is 0 Å². The van der Waals surface area contributed by atoms with Gasteiger partial charge in [-0.25, -0.2) is 9.78 Å². The third kappa shape index (κ3) is 3.77. The maximum absolute atomic E-state index is 11.3. The highest BCUT2D eigenvalue weighted by molar-refractivity contribution is 6.32. The number of carbonyl (C=O) groups is 1. The fourth-order valence-electron chi connectivity index (χ4n) is 1.15. The van der Waals surface area contributed by atoms with Gasteiger partial charge in [-0.2, -0.15) is 0 Å². The summed E-state index contributed by atoms with van der Waals surface area (Å²) in [5, 5.41) is 0.596. The lowest BCUT2D eigenvalue weighted by Gasteiger charge is -2.04. The Morgan fingerprint density at radius 1 is 1.44 bits per heavy atom. The number of carbonyl (C=O) groups excluding carboxylic acids is 1. The third-order valence-corrected chi connectivity index (χ3v) is 2.36. The molecule has 0 N–H and O–H groups in total. The quantitative estimate of drug-likeness (QED) is 0.451. The lowest BCUT2D eigenvalue weighted by Crippen LogP contribution is -2.05. The standard InChI is InChI=1S/C12H13ClO3/c1-9(14)11(8-16-15-2)7-10-5-3-4-6-12(10)13/h3-7H,8H2,1-2H3/b11-7+. The van der Waals surface area contributed by atoms with Gasteiger partial charge in [0.05, 0.1) is 7.11 Å². The largest absolute Gasteiger partial charge is 0.295 e. The van der Waals surface area contributed by atoms with E-state index in [-0.39, 0.29) is 12.4 Å². The van der Waals surface area contributed by atoms with Crippen LogP contribution in [0.2, 0.25) is 5.02 Å². The summed E-state index contributed by atoms with van der Waals surface area (Å²) in [4.78, 5) is 20.5. The van der Waals surface area contributed by atoms with Crippen molar-refractivity contribution in [2.75, 3.05) is 13.7 Å². The molecule has 0 aliphatic rings. The zero-order valence-electron chi connectivity index (χ0n) is 9.20. The Hall–Kier alpha value is -1.16. The number of rotatable bonds is 5. The van der Waals surface area contributed by atoms with E-state index in [0.717, 1.165) is 5.56 Å². The number of hydrogen-bond donors (Lipinski definition) is 0. The Balaban J connectivity index is 2.93. The van der Waals surface area contributed by atoms with Crippen LogP contribution in [0.15, 0.2) is 29.8 Å². The topological polar surface area (TPSA) is 35.5 Å². The molecular formula is C12H13ClO3. The van der Waals surface area contributed by atoms with Crippen LogP contribution in [0.3, 0.4) is 0 Å². The van der Waals surface area contributed by atoms with Crippen molar-refractivity contribution < 1.29 is 14.6 Å². The van der Waals surface area contributed by atoms with Gasteiger partial charge in [-0.1, -0.05) is 29.8 Å². The van der Waals surface area contributed by atoms with Gasteiger partial charge in [0.25, 0.3) is 0 Å². The molecule has 0 fully saturated rings. The fourth-order valence-corrected chi connectivity index (χ4v) is 1.34. The van der Waals surface area contributed by atoms with Crippen LogP contribution in [-0.4, -0.2) is 19.5 Å². The second kappa shape index (κ2) is 6.43. The van der Waals surface area contributed by atoms with Gasteiger partial charge in [0, 0.05) is 10.6 Å². The average Bonchev–Trinajstić information content (AvgIpc) is 2.26. The molecule has 0 radical (unpaired) electrons. The minimum absolute atomic E-state index is 0.0723. The molecule has 0 bridgehead atoms. The normalized spacial score (nSPS) is 11.6. The summed E-state index contributed by atoms with van der Waals surface area (Å²) >= 11 is 5.98. The van der Waals surface area contributed by atoms with Crippen LogP contribution in [0.5, 0.6) is 0 Å². The molecule has 1 aromatic rings. The SMILES string of the molecule is COOC/C(=C\c1ccccc1Cl)C(C)=O. The monoisotopic (exact) mass is 240 g/mol. The van der Waals surface area contributed by atoms with Gasteiger partial charge in [-0.3, -0.25) is 4.79 Å². The third-order valence-electron chi connectivity index (χ3n) is 2.02.